The first-order valence-electron chi connectivity index (χ1n) is 6.76. The van der Waals surface area contributed by atoms with E-state index in [1.807, 2.05) is 49.3 Å². The minimum absolute atomic E-state index is 0.0473. The molecule has 0 unspecified atom stereocenters. The van der Waals surface area contributed by atoms with E-state index in [0.717, 1.165) is 15.6 Å². The zero-order valence-corrected chi connectivity index (χ0v) is 13.4. The lowest BCUT2D eigenvalue weighted by atomic mass is 10.1. The van der Waals surface area contributed by atoms with Crippen molar-refractivity contribution in [2.24, 2.45) is 0 Å². The average molecular weight is 307 g/mol. The van der Waals surface area contributed by atoms with E-state index in [9.17, 15) is 5.11 Å². The van der Waals surface area contributed by atoms with Gasteiger partial charge in [-0.15, -0.1) is 0 Å². The lowest BCUT2D eigenvalue weighted by Gasteiger charge is -2.16. The number of rotatable bonds is 7. The van der Waals surface area contributed by atoms with Gasteiger partial charge in [0.05, 0.1) is 24.6 Å². The van der Waals surface area contributed by atoms with Crippen LogP contribution in [0.3, 0.4) is 0 Å². The Labute approximate surface area is 129 Å². The second-order valence-electron chi connectivity index (χ2n) is 4.85. The van der Waals surface area contributed by atoms with Crippen LogP contribution in [0.2, 0.25) is 0 Å². The number of nitrogens with one attached hydrogen (secondary N) is 1. The molecule has 5 nitrogen and oxygen atoms in total. The molecule has 0 fully saturated rings. The summed E-state index contributed by atoms with van der Waals surface area (Å²) < 4.78 is 5.32. The van der Waals surface area contributed by atoms with Crippen LogP contribution < -0.4 is 15.0 Å². The van der Waals surface area contributed by atoms with Gasteiger partial charge in [0.2, 0.25) is 5.88 Å². The summed E-state index contributed by atoms with van der Waals surface area (Å²) in [5, 5.41) is 13.8. The zero-order valence-electron chi connectivity index (χ0n) is 12.5. The van der Waals surface area contributed by atoms with Crippen molar-refractivity contribution in [2.45, 2.75) is 12.6 Å². The lowest BCUT2D eigenvalue weighted by molar-refractivity contribution is 0.243. The molecule has 2 aromatic rings. The Morgan fingerprint density at radius 2 is 2.05 bits per heavy atom. The number of thiazole rings is 1. The molecule has 0 saturated heterocycles. The van der Waals surface area contributed by atoms with Gasteiger partial charge in [-0.2, -0.15) is 4.98 Å². The van der Waals surface area contributed by atoms with Crippen molar-refractivity contribution in [3.8, 4) is 5.88 Å². The fourth-order valence-electron chi connectivity index (χ4n) is 1.98. The van der Waals surface area contributed by atoms with Crippen molar-refractivity contribution in [3.05, 3.63) is 40.8 Å². The molecule has 0 spiro atoms. The molecule has 1 atom stereocenters. The molecular weight excluding hydrogens is 286 g/mol. The van der Waals surface area contributed by atoms with E-state index in [-0.39, 0.29) is 12.6 Å². The van der Waals surface area contributed by atoms with Crippen LogP contribution in [0.5, 0.6) is 5.88 Å². The maximum atomic E-state index is 9.56. The van der Waals surface area contributed by atoms with E-state index in [0.29, 0.717) is 12.4 Å². The largest absolute Gasteiger partial charge is 0.480 e. The highest BCUT2D eigenvalue weighted by Crippen LogP contribution is 2.30. The van der Waals surface area contributed by atoms with Crippen LogP contribution in [0.25, 0.3) is 0 Å². The molecule has 0 radical (unpaired) electrons. The summed E-state index contributed by atoms with van der Waals surface area (Å²) in [6, 6.07) is 9.81. The fraction of sp³-hybridized carbons (Fsp3) is 0.400. The normalized spacial score (nSPS) is 12.2. The second kappa shape index (κ2) is 7.40. The van der Waals surface area contributed by atoms with Crippen LogP contribution in [0.4, 0.5) is 5.13 Å². The van der Waals surface area contributed by atoms with Crippen molar-refractivity contribution >= 4 is 16.5 Å². The number of anilines is 1. The molecule has 0 aliphatic rings. The molecular formula is C15H21N3O2S. The van der Waals surface area contributed by atoms with Gasteiger partial charge in [-0.1, -0.05) is 41.7 Å². The Morgan fingerprint density at radius 3 is 2.62 bits per heavy atom. The van der Waals surface area contributed by atoms with Gasteiger partial charge in [0, 0.05) is 20.6 Å². The maximum absolute atomic E-state index is 9.56. The monoisotopic (exact) mass is 307 g/mol. The number of aromatic nitrogens is 1. The van der Waals surface area contributed by atoms with E-state index in [2.05, 4.69) is 10.3 Å². The number of hydrogen-bond donors (Lipinski definition) is 2. The molecule has 0 amide bonds. The van der Waals surface area contributed by atoms with E-state index in [4.69, 9.17) is 4.74 Å². The van der Waals surface area contributed by atoms with E-state index < -0.39 is 0 Å². The van der Waals surface area contributed by atoms with Crippen LogP contribution in [0.1, 0.15) is 16.5 Å². The molecule has 1 aromatic heterocycles. The minimum Gasteiger partial charge on any atom is -0.480 e. The first kappa shape index (κ1) is 15.8. The summed E-state index contributed by atoms with van der Waals surface area (Å²) in [5.74, 6) is 0.640. The molecule has 2 rings (SSSR count). The van der Waals surface area contributed by atoms with Crippen molar-refractivity contribution in [1.29, 1.82) is 0 Å². The first-order chi connectivity index (χ1) is 10.2. The molecule has 0 aliphatic carbocycles. The SMILES string of the molecule is COc1nc(N(C)C)sc1CN[C@@H](CO)c1ccccc1. The van der Waals surface area contributed by atoms with Crippen LogP contribution in [-0.4, -0.2) is 37.9 Å². The summed E-state index contributed by atoms with van der Waals surface area (Å²) >= 11 is 1.59. The number of nitrogens with zero attached hydrogens (tertiary/aromatic N) is 2. The highest BCUT2D eigenvalue weighted by atomic mass is 32.1. The maximum Gasteiger partial charge on any atom is 0.230 e. The Bertz CT molecular complexity index is 557. The Morgan fingerprint density at radius 1 is 1.33 bits per heavy atom. The minimum atomic E-state index is -0.0965. The van der Waals surface area contributed by atoms with Gasteiger partial charge in [-0.3, -0.25) is 0 Å². The van der Waals surface area contributed by atoms with Crippen molar-refractivity contribution in [3.63, 3.8) is 0 Å². The first-order valence-corrected chi connectivity index (χ1v) is 7.57. The second-order valence-corrected chi connectivity index (χ2v) is 5.91. The molecule has 0 bridgehead atoms. The summed E-state index contributed by atoms with van der Waals surface area (Å²) in [5.41, 5.74) is 1.07. The standard InChI is InChI=1S/C15H21N3O2S/c1-18(2)15-17-14(20-3)13(21-15)9-16-12(10-19)11-7-5-4-6-8-11/h4-8,12,16,19H,9-10H2,1-3H3/t12-/m0/s1. The third-order valence-corrected chi connectivity index (χ3v) is 4.32. The average Bonchev–Trinajstić information content (AvgIpc) is 2.92. The molecule has 0 aliphatic heterocycles. The molecule has 6 heteroatoms. The summed E-state index contributed by atoms with van der Waals surface area (Å²) in [6.07, 6.45) is 0. The number of methoxy groups -OCH3 is 1. The van der Waals surface area contributed by atoms with Crippen LogP contribution in [0, 0.1) is 0 Å². The molecule has 2 N–H and O–H groups in total. The summed E-state index contributed by atoms with van der Waals surface area (Å²) in [7, 11) is 5.53. The summed E-state index contributed by atoms with van der Waals surface area (Å²) in [4.78, 5) is 7.40. The number of aliphatic hydroxyl groups is 1. The predicted octanol–water partition coefficient (Wildman–Crippen LogP) is 2.04. The third kappa shape index (κ3) is 3.93. The van der Waals surface area contributed by atoms with Gasteiger partial charge >= 0.3 is 0 Å². The number of ether oxygens (including phenoxy) is 1. The van der Waals surface area contributed by atoms with Crippen LogP contribution >= 0.6 is 11.3 Å². The topological polar surface area (TPSA) is 57.6 Å². The van der Waals surface area contributed by atoms with Crippen LogP contribution in [-0.2, 0) is 6.54 Å². The van der Waals surface area contributed by atoms with Crippen molar-refractivity contribution in [1.82, 2.24) is 10.3 Å². The van der Waals surface area contributed by atoms with Crippen LogP contribution in [0.15, 0.2) is 30.3 Å². The van der Waals surface area contributed by atoms with Crippen molar-refractivity contribution < 1.29 is 9.84 Å². The van der Waals surface area contributed by atoms with Gasteiger partial charge < -0.3 is 20.1 Å². The predicted molar refractivity (Wildman–Crippen MR) is 86.1 cm³/mol. The molecule has 1 heterocycles. The Kier molecular flexibility index (Phi) is 5.55. The van der Waals surface area contributed by atoms with E-state index in [1.54, 1.807) is 18.4 Å². The molecule has 21 heavy (non-hydrogen) atoms. The Balaban J connectivity index is 2.08. The van der Waals surface area contributed by atoms with Crippen molar-refractivity contribution in [2.75, 3.05) is 32.7 Å². The zero-order chi connectivity index (χ0) is 15.2. The quantitative estimate of drug-likeness (QED) is 0.820. The fourth-order valence-corrected chi connectivity index (χ4v) is 2.88. The Hall–Kier alpha value is -1.63. The smallest absolute Gasteiger partial charge is 0.230 e. The number of aliphatic hydroxyl groups excluding tert-OH is 1. The number of benzene rings is 1. The number of hydrogen-bond acceptors (Lipinski definition) is 6. The lowest BCUT2D eigenvalue weighted by Crippen LogP contribution is -2.23. The summed E-state index contributed by atoms with van der Waals surface area (Å²) in [6.45, 7) is 0.653. The van der Waals surface area contributed by atoms with Gasteiger partial charge in [-0.25, -0.2) is 0 Å². The highest BCUT2D eigenvalue weighted by molar-refractivity contribution is 7.15. The van der Waals surface area contributed by atoms with Gasteiger partial charge in [0.1, 0.15) is 0 Å². The highest BCUT2D eigenvalue weighted by Gasteiger charge is 2.15. The van der Waals surface area contributed by atoms with Gasteiger partial charge in [0.25, 0.3) is 0 Å². The van der Waals surface area contributed by atoms with Gasteiger partial charge in [0.15, 0.2) is 5.13 Å². The third-order valence-electron chi connectivity index (χ3n) is 3.12. The molecule has 114 valence electrons. The molecule has 0 saturated carbocycles. The van der Waals surface area contributed by atoms with Gasteiger partial charge in [-0.05, 0) is 5.56 Å². The van der Waals surface area contributed by atoms with E-state index in [1.165, 1.54) is 0 Å². The molecule has 1 aromatic carbocycles. The van der Waals surface area contributed by atoms with E-state index >= 15 is 0 Å².